The Kier molecular flexibility index (Phi) is 13.2. The Balaban J connectivity index is 1.44. The monoisotopic (exact) mass is 701 g/mol. The van der Waals surface area contributed by atoms with Gasteiger partial charge in [0.15, 0.2) is 36.1 Å². The van der Waals surface area contributed by atoms with Crippen LogP contribution in [0.15, 0.2) is 104 Å². The molecule has 1 saturated heterocycles. The topological polar surface area (TPSA) is 148 Å². The minimum absolute atomic E-state index is 0.0464. The van der Waals surface area contributed by atoms with E-state index in [1.807, 2.05) is 60.7 Å². The normalized spacial score (nSPS) is 21.8. The van der Waals surface area contributed by atoms with Crippen LogP contribution in [0.4, 0.5) is 10.5 Å². The van der Waals surface area contributed by atoms with E-state index in [1.54, 1.807) is 30.4 Å². The van der Waals surface area contributed by atoms with Crippen LogP contribution in [0, 0.1) is 11.8 Å². The third-order valence-electron chi connectivity index (χ3n) is 8.59. The number of hydrogen-bond donors (Lipinski definition) is 2. The lowest BCUT2D eigenvalue weighted by atomic mass is 9.94. The number of allylic oxidation sites excluding steroid dienone is 2. The van der Waals surface area contributed by atoms with E-state index in [1.165, 1.54) is 7.11 Å². The number of amides is 1. The molecule has 2 aliphatic heterocycles. The summed E-state index contributed by atoms with van der Waals surface area (Å²) in [6.45, 7) is 7.01. The molecule has 0 saturated carbocycles. The highest BCUT2D eigenvalue weighted by Gasteiger charge is 2.53. The second kappa shape index (κ2) is 18.2. The van der Waals surface area contributed by atoms with Gasteiger partial charge in [-0.05, 0) is 48.9 Å². The molecular weight excluding hydrogens is 658 g/mol. The number of aliphatic hydroxyl groups is 1. The number of hydrogen-bond acceptors (Lipinski definition) is 11. The zero-order valence-corrected chi connectivity index (χ0v) is 28.4. The van der Waals surface area contributed by atoms with Gasteiger partial charge in [-0.25, -0.2) is 4.79 Å². The number of carbonyl (C=O) groups is 3. The number of carbonyl (C=O) groups excluding carboxylic acids is 3. The molecule has 0 bridgehead atoms. The van der Waals surface area contributed by atoms with Gasteiger partial charge in [-0.15, -0.1) is 13.2 Å². The smallest absolute Gasteiger partial charge is 0.412 e. The summed E-state index contributed by atoms with van der Waals surface area (Å²) in [6.07, 6.45) is -3.32. The molecule has 5 rings (SSSR count). The highest BCUT2D eigenvalue weighted by Crippen LogP contribution is 2.35. The highest BCUT2D eigenvalue weighted by atomic mass is 16.7. The molecule has 3 aromatic rings. The number of fused-ring (bicyclic) bond motifs is 1. The van der Waals surface area contributed by atoms with E-state index in [9.17, 15) is 19.5 Å². The lowest BCUT2D eigenvalue weighted by Crippen LogP contribution is -2.63. The Morgan fingerprint density at radius 1 is 0.804 bits per heavy atom. The molecule has 270 valence electrons. The van der Waals surface area contributed by atoms with Crippen LogP contribution in [0.2, 0.25) is 0 Å². The fourth-order valence-corrected chi connectivity index (χ4v) is 6.05. The number of ether oxygens (including phenoxy) is 7. The minimum Gasteiger partial charge on any atom is -0.454 e. The highest BCUT2D eigenvalue weighted by molar-refractivity contribution is 5.85. The van der Waals surface area contributed by atoms with Crippen LogP contribution < -0.4 is 14.8 Å². The molecule has 1 fully saturated rings. The van der Waals surface area contributed by atoms with Crippen LogP contribution in [0.1, 0.15) is 24.0 Å². The first-order valence-electron chi connectivity index (χ1n) is 16.7. The summed E-state index contributed by atoms with van der Waals surface area (Å²) in [4.78, 5) is 41.2. The molecule has 1 amide bonds. The van der Waals surface area contributed by atoms with Crippen LogP contribution in [0.25, 0.3) is 0 Å². The van der Waals surface area contributed by atoms with Gasteiger partial charge in [-0.1, -0.05) is 72.8 Å². The molecule has 12 nitrogen and oxygen atoms in total. The lowest BCUT2D eigenvalue weighted by Gasteiger charge is -2.44. The average Bonchev–Trinajstić information content (AvgIpc) is 3.61. The second-order valence-corrected chi connectivity index (χ2v) is 12.1. The van der Waals surface area contributed by atoms with Gasteiger partial charge >= 0.3 is 18.0 Å². The van der Waals surface area contributed by atoms with Gasteiger partial charge in [0.25, 0.3) is 0 Å². The molecule has 0 spiro atoms. The minimum atomic E-state index is -1.45. The molecule has 0 aliphatic carbocycles. The van der Waals surface area contributed by atoms with Crippen molar-refractivity contribution in [3.05, 3.63) is 115 Å². The number of benzene rings is 3. The van der Waals surface area contributed by atoms with Gasteiger partial charge < -0.3 is 38.3 Å². The first-order valence-corrected chi connectivity index (χ1v) is 16.7. The Morgan fingerprint density at radius 2 is 1.37 bits per heavy atom. The third-order valence-corrected chi connectivity index (χ3v) is 8.59. The second-order valence-electron chi connectivity index (χ2n) is 12.1. The Hall–Kier alpha value is -5.17. The van der Waals surface area contributed by atoms with E-state index in [2.05, 4.69) is 18.5 Å². The fraction of sp³-hybridized carbons (Fsp3) is 0.359. The Labute approximate surface area is 296 Å². The van der Waals surface area contributed by atoms with Crippen molar-refractivity contribution >= 4 is 23.7 Å². The van der Waals surface area contributed by atoms with E-state index in [-0.39, 0.29) is 13.2 Å². The number of methoxy groups -OCH3 is 1. The zero-order valence-electron chi connectivity index (χ0n) is 28.4. The van der Waals surface area contributed by atoms with Crippen LogP contribution in [0.3, 0.4) is 0 Å². The Bertz CT molecular complexity index is 1630. The van der Waals surface area contributed by atoms with Gasteiger partial charge in [0, 0.05) is 18.9 Å². The molecule has 2 N–H and O–H groups in total. The lowest BCUT2D eigenvalue weighted by molar-refractivity contribution is -0.300. The Morgan fingerprint density at radius 3 is 1.92 bits per heavy atom. The van der Waals surface area contributed by atoms with Crippen molar-refractivity contribution in [3.63, 3.8) is 0 Å². The summed E-state index contributed by atoms with van der Waals surface area (Å²) in [6, 6.07) is 23.6. The van der Waals surface area contributed by atoms with E-state index in [0.29, 0.717) is 36.4 Å². The van der Waals surface area contributed by atoms with Crippen molar-refractivity contribution in [1.29, 1.82) is 0 Å². The summed E-state index contributed by atoms with van der Waals surface area (Å²) < 4.78 is 40.3. The quantitative estimate of drug-likeness (QED) is 0.113. The van der Waals surface area contributed by atoms with Gasteiger partial charge in [0.05, 0.1) is 18.4 Å². The number of anilines is 1. The zero-order chi connectivity index (χ0) is 36.2. The largest absolute Gasteiger partial charge is 0.454 e. The molecule has 51 heavy (non-hydrogen) atoms. The molecule has 0 radical (unpaired) electrons. The number of aliphatic hydroxyl groups excluding tert-OH is 1. The van der Waals surface area contributed by atoms with Crippen molar-refractivity contribution in [3.8, 4) is 11.5 Å². The molecule has 0 aromatic heterocycles. The predicted molar refractivity (Wildman–Crippen MR) is 186 cm³/mol. The van der Waals surface area contributed by atoms with Gasteiger partial charge in [0.2, 0.25) is 6.79 Å². The molecular formula is C39H43NO11. The number of esters is 2. The average molecular weight is 702 g/mol. The first-order chi connectivity index (χ1) is 24.8. The van der Waals surface area contributed by atoms with E-state index >= 15 is 0 Å². The SMILES string of the molecule is C=CC[C@H](Cc1ccccc1)C(=O)O[C@@H]1[C@@H](OC(=O)[C@H](CC=C)Cc2ccccc2)[C@@H](OC)O[C@H](CO)[C@H]1OC(=O)Nc1ccc2c(c1)OCO2. The van der Waals surface area contributed by atoms with E-state index in [0.717, 1.165) is 11.1 Å². The van der Waals surface area contributed by atoms with Crippen LogP contribution in [0.5, 0.6) is 11.5 Å². The predicted octanol–water partition coefficient (Wildman–Crippen LogP) is 5.39. The molecule has 2 heterocycles. The number of rotatable bonds is 16. The third kappa shape index (κ3) is 9.75. The van der Waals surface area contributed by atoms with Crippen molar-refractivity contribution in [1.82, 2.24) is 0 Å². The van der Waals surface area contributed by atoms with Crippen LogP contribution >= 0.6 is 0 Å². The standard InChI is InChI=1S/C39H43NO11/c1-4-12-27(20-25-14-8-6-9-15-25)36(42)49-34-33(51-39(44)40-29-18-19-30-31(22-29)47-24-46-30)32(23-41)48-38(45-3)35(34)50-37(43)28(13-5-2)21-26-16-10-7-11-17-26/h4-11,14-19,22,27-28,32-35,38,41H,1-2,12-13,20-21,23-24H2,3H3,(H,40,44)/t27-,28-,32-,33-,34+,35-,38+/m1/s1. The molecule has 7 atom stereocenters. The fourth-order valence-electron chi connectivity index (χ4n) is 6.05. The first kappa shape index (κ1) is 37.1. The summed E-state index contributed by atoms with van der Waals surface area (Å²) >= 11 is 0. The van der Waals surface area contributed by atoms with Crippen molar-refractivity contribution < 1.29 is 52.6 Å². The van der Waals surface area contributed by atoms with Crippen LogP contribution in [-0.4, -0.2) is 74.4 Å². The molecule has 2 aliphatic rings. The number of nitrogens with one attached hydrogen (secondary N) is 1. The van der Waals surface area contributed by atoms with Gasteiger partial charge in [0.1, 0.15) is 6.10 Å². The van der Waals surface area contributed by atoms with Crippen LogP contribution in [-0.2, 0) is 46.1 Å². The summed E-state index contributed by atoms with van der Waals surface area (Å²) in [5, 5.41) is 13.0. The molecule has 3 aromatic carbocycles. The maximum atomic E-state index is 14.0. The summed E-state index contributed by atoms with van der Waals surface area (Å²) in [5.41, 5.74) is 2.13. The van der Waals surface area contributed by atoms with Crippen molar-refractivity contribution in [2.45, 2.75) is 56.4 Å². The summed E-state index contributed by atoms with van der Waals surface area (Å²) in [7, 11) is 1.33. The maximum Gasteiger partial charge on any atom is 0.412 e. The van der Waals surface area contributed by atoms with Gasteiger partial charge in [-0.3, -0.25) is 14.9 Å². The van der Waals surface area contributed by atoms with Crippen molar-refractivity contribution in [2.24, 2.45) is 11.8 Å². The summed E-state index contributed by atoms with van der Waals surface area (Å²) in [5.74, 6) is -1.69. The molecule has 12 heteroatoms. The van der Waals surface area contributed by atoms with Gasteiger partial charge in [-0.2, -0.15) is 0 Å². The van der Waals surface area contributed by atoms with E-state index in [4.69, 9.17) is 33.2 Å². The maximum absolute atomic E-state index is 14.0. The van der Waals surface area contributed by atoms with Crippen molar-refractivity contribution in [2.75, 3.05) is 25.8 Å². The van der Waals surface area contributed by atoms with E-state index < -0.39 is 67.2 Å². The molecule has 0 unspecified atom stereocenters.